The van der Waals surface area contributed by atoms with Crippen molar-refractivity contribution < 1.29 is 19.5 Å². The Bertz CT molecular complexity index is 752. The molecular formula is C20H28N4O4. The normalized spacial score (nSPS) is 20.3. The van der Waals surface area contributed by atoms with E-state index in [4.69, 9.17) is 5.73 Å². The molecule has 0 bridgehead atoms. The van der Waals surface area contributed by atoms with Gasteiger partial charge in [0.25, 0.3) is 5.91 Å². The second kappa shape index (κ2) is 9.27. The number of piperidine rings is 1. The van der Waals surface area contributed by atoms with Crippen molar-refractivity contribution in [1.82, 2.24) is 15.5 Å². The zero-order valence-electron chi connectivity index (χ0n) is 15.9. The number of fused-ring (bicyclic) bond motifs is 1. The minimum Gasteiger partial charge on any atom is -0.395 e. The number of aliphatic hydroxyl groups is 1. The fourth-order valence-corrected chi connectivity index (χ4v) is 3.88. The predicted octanol–water partition coefficient (Wildman–Crippen LogP) is 0.0271. The first kappa shape index (κ1) is 20.4. The lowest BCUT2D eigenvalue weighted by Crippen LogP contribution is -2.52. The SMILES string of the molecule is NCCCC[C@@H](CO)NCc1cccc2c1C(=O)N(C1CCC(=O)NC1=O)C2. The fourth-order valence-electron chi connectivity index (χ4n) is 3.88. The van der Waals surface area contributed by atoms with Crippen LogP contribution in [-0.2, 0) is 22.7 Å². The van der Waals surface area contributed by atoms with Gasteiger partial charge in [-0.05, 0) is 36.9 Å². The summed E-state index contributed by atoms with van der Waals surface area (Å²) < 4.78 is 0. The summed E-state index contributed by atoms with van der Waals surface area (Å²) in [6.45, 7) is 1.49. The standard InChI is InChI=1S/C20H28N4O4/c21-9-2-1-6-15(12-25)22-10-13-4-3-5-14-11-24(20(28)18(13)14)16-7-8-17(26)23-19(16)27/h3-5,15-16,22,25H,1-2,6-12,21H2,(H,23,26,27)/t15-,16?/m0/s1. The molecular weight excluding hydrogens is 360 g/mol. The van der Waals surface area contributed by atoms with E-state index in [1.807, 2.05) is 18.2 Å². The highest BCUT2D eigenvalue weighted by Crippen LogP contribution is 2.29. The minimum absolute atomic E-state index is 0.0238. The summed E-state index contributed by atoms with van der Waals surface area (Å²) in [4.78, 5) is 38.2. The van der Waals surface area contributed by atoms with Crippen LogP contribution < -0.4 is 16.4 Å². The summed E-state index contributed by atoms with van der Waals surface area (Å²) in [5.74, 6) is -0.872. The molecule has 152 valence electrons. The number of nitrogens with one attached hydrogen (secondary N) is 2. The van der Waals surface area contributed by atoms with Crippen LogP contribution in [-0.4, -0.2) is 53.0 Å². The van der Waals surface area contributed by atoms with Crippen LogP contribution in [0.4, 0.5) is 0 Å². The van der Waals surface area contributed by atoms with Gasteiger partial charge in [0, 0.05) is 31.1 Å². The van der Waals surface area contributed by atoms with E-state index in [0.717, 1.165) is 30.4 Å². The molecule has 2 atom stereocenters. The van der Waals surface area contributed by atoms with Gasteiger partial charge in [-0.2, -0.15) is 0 Å². The number of hydrogen-bond acceptors (Lipinski definition) is 6. The van der Waals surface area contributed by atoms with Gasteiger partial charge in [0.1, 0.15) is 6.04 Å². The van der Waals surface area contributed by atoms with Gasteiger partial charge in [-0.25, -0.2) is 0 Å². The Balaban J connectivity index is 1.69. The molecule has 2 aliphatic rings. The third-order valence-electron chi connectivity index (χ3n) is 5.45. The third-order valence-corrected chi connectivity index (χ3v) is 5.45. The molecule has 1 saturated heterocycles. The number of nitrogens with zero attached hydrogens (tertiary/aromatic N) is 1. The van der Waals surface area contributed by atoms with E-state index in [1.54, 1.807) is 4.90 Å². The topological polar surface area (TPSA) is 125 Å². The number of aliphatic hydroxyl groups excluding tert-OH is 1. The van der Waals surface area contributed by atoms with Crippen LogP contribution in [0.1, 0.15) is 53.6 Å². The first-order valence-electron chi connectivity index (χ1n) is 9.85. The molecule has 0 aliphatic carbocycles. The second-order valence-corrected chi connectivity index (χ2v) is 7.40. The summed E-state index contributed by atoms with van der Waals surface area (Å²) >= 11 is 0. The maximum Gasteiger partial charge on any atom is 0.255 e. The lowest BCUT2D eigenvalue weighted by atomic mass is 10.0. The van der Waals surface area contributed by atoms with E-state index in [0.29, 0.717) is 31.6 Å². The number of rotatable bonds is 9. The Hall–Kier alpha value is -2.29. The van der Waals surface area contributed by atoms with Crippen molar-refractivity contribution in [2.45, 2.75) is 57.3 Å². The zero-order chi connectivity index (χ0) is 20.1. The highest BCUT2D eigenvalue weighted by molar-refractivity contribution is 6.05. The van der Waals surface area contributed by atoms with Crippen molar-refractivity contribution in [2.24, 2.45) is 5.73 Å². The monoisotopic (exact) mass is 388 g/mol. The van der Waals surface area contributed by atoms with Crippen LogP contribution in [0.5, 0.6) is 0 Å². The molecule has 0 spiro atoms. The first-order valence-corrected chi connectivity index (χ1v) is 9.85. The van der Waals surface area contributed by atoms with Crippen molar-refractivity contribution >= 4 is 17.7 Å². The molecule has 2 aliphatic heterocycles. The molecule has 1 aromatic carbocycles. The van der Waals surface area contributed by atoms with E-state index in [-0.39, 0.29) is 30.9 Å². The molecule has 8 nitrogen and oxygen atoms in total. The number of carbonyl (C=O) groups excluding carboxylic acids is 3. The van der Waals surface area contributed by atoms with Crippen molar-refractivity contribution in [3.63, 3.8) is 0 Å². The fraction of sp³-hybridized carbons (Fsp3) is 0.550. The van der Waals surface area contributed by atoms with E-state index in [9.17, 15) is 19.5 Å². The molecule has 3 amide bonds. The number of nitrogens with two attached hydrogens (primary N) is 1. The Morgan fingerprint density at radius 2 is 2.11 bits per heavy atom. The Labute approximate surface area is 164 Å². The van der Waals surface area contributed by atoms with Crippen molar-refractivity contribution in [1.29, 1.82) is 0 Å². The van der Waals surface area contributed by atoms with Gasteiger partial charge in [-0.1, -0.05) is 24.6 Å². The molecule has 2 heterocycles. The highest BCUT2D eigenvalue weighted by Gasteiger charge is 2.39. The molecule has 1 aromatic rings. The summed E-state index contributed by atoms with van der Waals surface area (Å²) in [6, 6.07) is 5.03. The van der Waals surface area contributed by atoms with Crippen LogP contribution >= 0.6 is 0 Å². The number of unbranched alkanes of at least 4 members (excludes halogenated alkanes) is 1. The van der Waals surface area contributed by atoms with Crippen molar-refractivity contribution in [3.05, 3.63) is 34.9 Å². The lowest BCUT2D eigenvalue weighted by molar-refractivity contribution is -0.136. The molecule has 0 radical (unpaired) electrons. The van der Waals surface area contributed by atoms with Crippen LogP contribution in [0.15, 0.2) is 18.2 Å². The average molecular weight is 388 g/mol. The molecule has 5 N–H and O–H groups in total. The summed E-state index contributed by atoms with van der Waals surface area (Å²) in [5, 5.41) is 15.2. The Morgan fingerprint density at radius 1 is 1.29 bits per heavy atom. The summed E-state index contributed by atoms with van der Waals surface area (Å²) in [5.41, 5.74) is 7.88. The molecule has 1 fully saturated rings. The van der Waals surface area contributed by atoms with Crippen molar-refractivity contribution in [3.8, 4) is 0 Å². The Morgan fingerprint density at radius 3 is 2.82 bits per heavy atom. The predicted molar refractivity (Wildman–Crippen MR) is 103 cm³/mol. The molecule has 28 heavy (non-hydrogen) atoms. The van der Waals surface area contributed by atoms with E-state index in [2.05, 4.69) is 10.6 Å². The van der Waals surface area contributed by atoms with Gasteiger partial charge >= 0.3 is 0 Å². The lowest BCUT2D eigenvalue weighted by Gasteiger charge is -2.29. The molecule has 0 saturated carbocycles. The molecule has 1 unspecified atom stereocenters. The van der Waals surface area contributed by atoms with Gasteiger partial charge in [-0.15, -0.1) is 0 Å². The molecule has 8 heteroatoms. The largest absolute Gasteiger partial charge is 0.395 e. The van der Waals surface area contributed by atoms with Crippen LogP contribution in [0.3, 0.4) is 0 Å². The number of carbonyl (C=O) groups is 3. The molecule has 3 rings (SSSR count). The number of benzene rings is 1. The van der Waals surface area contributed by atoms with Gasteiger partial charge in [0.05, 0.1) is 6.61 Å². The maximum atomic E-state index is 13.0. The number of imide groups is 1. The van der Waals surface area contributed by atoms with Crippen molar-refractivity contribution in [2.75, 3.05) is 13.2 Å². The van der Waals surface area contributed by atoms with E-state index < -0.39 is 11.9 Å². The quantitative estimate of drug-likeness (QED) is 0.349. The second-order valence-electron chi connectivity index (χ2n) is 7.40. The van der Waals surface area contributed by atoms with Crippen LogP contribution in [0.25, 0.3) is 0 Å². The maximum absolute atomic E-state index is 13.0. The molecule has 0 aromatic heterocycles. The van der Waals surface area contributed by atoms with E-state index in [1.165, 1.54) is 0 Å². The smallest absolute Gasteiger partial charge is 0.255 e. The average Bonchev–Trinajstić information content (AvgIpc) is 3.02. The number of hydrogen-bond donors (Lipinski definition) is 4. The van der Waals surface area contributed by atoms with Gasteiger partial charge in [0.15, 0.2) is 0 Å². The third kappa shape index (κ3) is 4.40. The van der Waals surface area contributed by atoms with E-state index >= 15 is 0 Å². The van der Waals surface area contributed by atoms with Gasteiger partial charge in [0.2, 0.25) is 11.8 Å². The summed E-state index contributed by atoms with van der Waals surface area (Å²) in [7, 11) is 0. The summed E-state index contributed by atoms with van der Waals surface area (Å²) in [6.07, 6.45) is 3.26. The van der Waals surface area contributed by atoms with Gasteiger partial charge < -0.3 is 21.1 Å². The van der Waals surface area contributed by atoms with Crippen LogP contribution in [0, 0.1) is 0 Å². The Kier molecular flexibility index (Phi) is 6.77. The van der Waals surface area contributed by atoms with Crippen LogP contribution in [0.2, 0.25) is 0 Å². The first-order chi connectivity index (χ1) is 13.5. The zero-order valence-corrected chi connectivity index (χ0v) is 15.9. The highest BCUT2D eigenvalue weighted by atomic mass is 16.3. The number of amides is 3. The van der Waals surface area contributed by atoms with Gasteiger partial charge in [-0.3, -0.25) is 19.7 Å². The minimum atomic E-state index is -0.611.